The number of rotatable bonds is 13. The molecule has 1 saturated heterocycles. The Balaban J connectivity index is 1.49. The highest BCUT2D eigenvalue weighted by Crippen LogP contribution is 2.47. The maximum atomic E-state index is 12.6. The van der Waals surface area contributed by atoms with Crippen LogP contribution in [0.3, 0.4) is 0 Å². The van der Waals surface area contributed by atoms with E-state index < -0.39 is 44.2 Å². The third-order valence-corrected chi connectivity index (χ3v) is 14.9. The third-order valence-electron chi connectivity index (χ3n) is 10.4. The van der Waals surface area contributed by atoms with Gasteiger partial charge in [-0.2, -0.15) is 0 Å². The molecule has 3 heterocycles. The lowest BCUT2D eigenvalue weighted by Gasteiger charge is -2.41. The van der Waals surface area contributed by atoms with Crippen molar-refractivity contribution < 1.29 is 33.3 Å². The molecule has 1 aliphatic rings. The quantitative estimate of drug-likeness (QED) is 0.0972. The maximum Gasteiger partial charge on any atom is 0.303 e. The van der Waals surface area contributed by atoms with Gasteiger partial charge >= 0.3 is 5.97 Å². The van der Waals surface area contributed by atoms with Crippen molar-refractivity contribution in [1.82, 2.24) is 19.5 Å². The van der Waals surface area contributed by atoms with E-state index in [1.54, 1.807) is 25.1 Å². The zero-order valence-electron chi connectivity index (χ0n) is 30.6. The number of aliphatic carboxylic acids is 1. The second-order valence-electron chi connectivity index (χ2n) is 14.6. The van der Waals surface area contributed by atoms with Crippen LogP contribution >= 0.6 is 0 Å². The highest BCUT2D eigenvalue weighted by Gasteiger charge is 2.52. The summed E-state index contributed by atoms with van der Waals surface area (Å²) in [5, 5.41) is 10.2. The lowest BCUT2D eigenvalue weighted by Crippen LogP contribution is -2.47. The molecule has 1 aliphatic heterocycles. The molecule has 1 fully saturated rings. The fourth-order valence-electron chi connectivity index (χ4n) is 6.62. The van der Waals surface area contributed by atoms with Crippen molar-refractivity contribution in [2.75, 3.05) is 26.6 Å². The van der Waals surface area contributed by atoms with E-state index in [4.69, 9.17) is 29.1 Å². The molecular formula is C39H47N5O7Si. The molecular weight excluding hydrogens is 679 g/mol. The van der Waals surface area contributed by atoms with Crippen LogP contribution in [-0.4, -0.2) is 71.9 Å². The average Bonchev–Trinajstić information content (AvgIpc) is 3.70. The molecule has 2 aromatic heterocycles. The van der Waals surface area contributed by atoms with Crippen LogP contribution in [0.15, 0.2) is 91.5 Å². The Labute approximate surface area is 305 Å². The van der Waals surface area contributed by atoms with E-state index in [9.17, 15) is 9.90 Å². The van der Waals surface area contributed by atoms with Crippen molar-refractivity contribution in [3.05, 3.63) is 108 Å². The highest BCUT2D eigenvalue weighted by molar-refractivity contribution is 6.74. The van der Waals surface area contributed by atoms with Crippen LogP contribution in [0.4, 0.5) is 5.82 Å². The Hall–Kier alpha value is -4.82. The molecule has 0 spiro atoms. The van der Waals surface area contributed by atoms with Gasteiger partial charge in [0.15, 0.2) is 26.0 Å². The summed E-state index contributed by atoms with van der Waals surface area (Å²) < 4.78 is 34.0. The number of ether oxygens (including phenoxy) is 4. The van der Waals surface area contributed by atoms with Crippen LogP contribution < -0.4 is 15.2 Å². The number of carboxylic acid groups (broad SMARTS) is 1. The molecule has 3 N–H and O–H groups in total. The highest BCUT2D eigenvalue weighted by atomic mass is 28.4. The van der Waals surface area contributed by atoms with Gasteiger partial charge in [-0.15, -0.1) is 0 Å². The predicted octanol–water partition coefficient (Wildman–Crippen LogP) is 6.81. The lowest BCUT2D eigenvalue weighted by molar-refractivity contribution is -0.139. The van der Waals surface area contributed by atoms with E-state index in [1.807, 2.05) is 78.9 Å². The Bertz CT molecular complexity index is 1930. The lowest BCUT2D eigenvalue weighted by atomic mass is 9.80. The molecule has 0 radical (unpaired) electrons. The minimum atomic E-state index is -2.49. The molecule has 4 atom stereocenters. The average molecular weight is 726 g/mol. The third kappa shape index (κ3) is 7.01. The number of anilines is 1. The molecule has 0 unspecified atom stereocenters. The smallest absolute Gasteiger partial charge is 0.303 e. The van der Waals surface area contributed by atoms with Crippen molar-refractivity contribution >= 4 is 31.3 Å². The van der Waals surface area contributed by atoms with E-state index >= 15 is 0 Å². The van der Waals surface area contributed by atoms with Crippen LogP contribution in [0, 0.1) is 5.92 Å². The van der Waals surface area contributed by atoms with Gasteiger partial charge in [0.05, 0.1) is 45.8 Å². The Morgan fingerprint density at radius 2 is 1.46 bits per heavy atom. The van der Waals surface area contributed by atoms with Gasteiger partial charge in [0, 0.05) is 5.92 Å². The van der Waals surface area contributed by atoms with Crippen LogP contribution in [0.5, 0.6) is 11.5 Å². The van der Waals surface area contributed by atoms with Crippen molar-refractivity contribution in [2.24, 2.45) is 5.92 Å². The molecule has 13 heteroatoms. The van der Waals surface area contributed by atoms with Crippen LogP contribution in [0.1, 0.15) is 50.1 Å². The molecule has 274 valence electrons. The zero-order chi connectivity index (χ0) is 37.3. The van der Waals surface area contributed by atoms with Crippen molar-refractivity contribution in [3.8, 4) is 11.5 Å². The van der Waals surface area contributed by atoms with E-state index in [1.165, 1.54) is 6.33 Å². The summed E-state index contributed by atoms with van der Waals surface area (Å²) in [7, 11) is 0.765. The number of nitrogens with two attached hydrogens (primary N) is 1. The van der Waals surface area contributed by atoms with E-state index in [2.05, 4.69) is 48.8 Å². The van der Waals surface area contributed by atoms with Gasteiger partial charge in [0.1, 0.15) is 28.9 Å². The van der Waals surface area contributed by atoms with Gasteiger partial charge in [-0.25, -0.2) is 15.0 Å². The molecule has 0 amide bonds. The Morgan fingerprint density at radius 3 is 2.00 bits per heavy atom. The fraction of sp³-hybridized carbons (Fsp3) is 0.385. The first-order valence-corrected chi connectivity index (χ1v) is 20.2. The number of hydrogen-bond donors (Lipinski definition) is 2. The first-order valence-electron chi connectivity index (χ1n) is 17.3. The van der Waals surface area contributed by atoms with Gasteiger partial charge in [-0.3, -0.25) is 9.36 Å². The number of carboxylic acids is 1. The number of fused-ring (bicyclic) bond motifs is 1. The molecule has 0 aliphatic carbocycles. The molecule has 12 nitrogen and oxygen atoms in total. The minimum absolute atomic E-state index is 0.0164. The molecule has 3 aromatic carbocycles. The summed E-state index contributed by atoms with van der Waals surface area (Å²) in [6, 6.07) is 25.5. The number of imidazole rings is 1. The minimum Gasteiger partial charge on any atom is -0.497 e. The molecule has 0 bridgehead atoms. The second-order valence-corrected chi connectivity index (χ2v) is 19.3. The zero-order valence-corrected chi connectivity index (χ0v) is 31.6. The van der Waals surface area contributed by atoms with Gasteiger partial charge in [-0.1, -0.05) is 75.4 Å². The summed E-state index contributed by atoms with van der Waals surface area (Å²) >= 11 is 0. The number of methoxy groups -OCH3 is 2. The molecule has 52 heavy (non-hydrogen) atoms. The second kappa shape index (κ2) is 14.7. The number of nitrogens with zero attached hydrogens (tertiary/aromatic N) is 4. The first kappa shape index (κ1) is 37.0. The van der Waals surface area contributed by atoms with E-state index in [0.29, 0.717) is 22.7 Å². The number of carbonyl (C=O) groups is 1. The van der Waals surface area contributed by atoms with E-state index in [-0.39, 0.29) is 23.9 Å². The van der Waals surface area contributed by atoms with Crippen LogP contribution in [0.25, 0.3) is 11.2 Å². The van der Waals surface area contributed by atoms with Crippen molar-refractivity contribution in [3.63, 3.8) is 0 Å². The van der Waals surface area contributed by atoms with Gasteiger partial charge in [-0.05, 0) is 59.1 Å². The summed E-state index contributed by atoms with van der Waals surface area (Å²) in [5.41, 5.74) is 8.48. The van der Waals surface area contributed by atoms with Gasteiger partial charge < -0.3 is 34.2 Å². The maximum absolute atomic E-state index is 12.6. The molecule has 6 rings (SSSR count). The van der Waals surface area contributed by atoms with Crippen LogP contribution in [0.2, 0.25) is 18.1 Å². The Morgan fingerprint density at radius 1 is 0.885 bits per heavy atom. The van der Waals surface area contributed by atoms with Crippen molar-refractivity contribution in [2.45, 2.75) is 69.4 Å². The van der Waals surface area contributed by atoms with Gasteiger partial charge in [0.2, 0.25) is 0 Å². The number of aromatic nitrogens is 4. The monoisotopic (exact) mass is 725 g/mol. The fourth-order valence-corrected chi connectivity index (χ4v) is 7.94. The predicted molar refractivity (Wildman–Crippen MR) is 200 cm³/mol. The Kier molecular flexibility index (Phi) is 10.4. The number of nitrogen functional groups attached to an aromatic ring is 1. The SMILES string of the molecule is COc1ccc(C(OC[C@H]2O[C@@H](n3cnc4c(N)ncnc43)[C@H](O[Si](C)(C)C(C)(C)C)[C@@H]2CC(=O)O)(c2ccccc2)c2ccc(OC)cc2)cc1. The number of hydrogen-bond acceptors (Lipinski definition) is 10. The topological polar surface area (TPSA) is 153 Å². The summed E-state index contributed by atoms with van der Waals surface area (Å²) in [6.45, 7) is 10.7. The van der Waals surface area contributed by atoms with Crippen molar-refractivity contribution in [1.29, 1.82) is 0 Å². The largest absolute Gasteiger partial charge is 0.497 e. The van der Waals surface area contributed by atoms with E-state index in [0.717, 1.165) is 16.7 Å². The molecule has 0 saturated carbocycles. The normalized spacial score (nSPS) is 19.5. The summed E-state index contributed by atoms with van der Waals surface area (Å²) in [4.78, 5) is 25.7. The summed E-state index contributed by atoms with van der Waals surface area (Å²) in [5.74, 6) is 0.0635. The first-order chi connectivity index (χ1) is 24.8. The number of benzene rings is 3. The summed E-state index contributed by atoms with van der Waals surface area (Å²) in [6.07, 6.45) is 0.601. The molecule has 5 aromatic rings. The van der Waals surface area contributed by atoms with Gasteiger partial charge in [0.25, 0.3) is 0 Å². The standard InChI is InChI=1S/C39H47N5O7Si/c1-38(2,3)52(6,7)51-34-30(21-32(45)46)31(50-37(34)44-24-43-33-35(40)41-23-42-36(33)44)22-49-39(25-11-9-8-10-12-25,26-13-17-28(47-4)18-14-26)27-15-19-29(48-5)20-16-27/h8-20,23-24,30-31,34,37H,21-22H2,1-7H3,(H,45,46)(H2,40,41,42)/t30-,31-,34-,37-/m1/s1. The van der Waals surface area contributed by atoms with Crippen LogP contribution in [-0.2, 0) is 24.3 Å².